The molecule has 0 aliphatic carbocycles. The minimum atomic E-state index is -0.540. The molecule has 0 saturated heterocycles. The van der Waals surface area contributed by atoms with Gasteiger partial charge in [-0.2, -0.15) is 0 Å². The van der Waals surface area contributed by atoms with Gasteiger partial charge in [-0.1, -0.05) is 87.4 Å². The molecule has 3 rings (SSSR count). The number of ether oxygens (including phenoxy) is 2. The van der Waals surface area contributed by atoms with Gasteiger partial charge in [-0.05, 0) is 91.5 Å². The summed E-state index contributed by atoms with van der Waals surface area (Å²) >= 11 is 0. The van der Waals surface area contributed by atoms with E-state index >= 15 is 0 Å². The summed E-state index contributed by atoms with van der Waals surface area (Å²) in [7, 11) is 0. The summed E-state index contributed by atoms with van der Waals surface area (Å²) in [6, 6.07) is 21.6. The van der Waals surface area contributed by atoms with Crippen molar-refractivity contribution in [3.63, 3.8) is 0 Å². The number of aryl methyl sites for hydroxylation is 3. The van der Waals surface area contributed by atoms with E-state index in [-0.39, 0.29) is 19.2 Å². The first kappa shape index (κ1) is 33.1. The molecule has 0 atom stereocenters. The van der Waals surface area contributed by atoms with Crippen LogP contribution in [0.2, 0.25) is 0 Å². The number of aliphatic hydroxyl groups is 2. The lowest BCUT2D eigenvalue weighted by molar-refractivity contribution is -0.139. The number of hydrogen-bond donors (Lipinski definition) is 2. The van der Waals surface area contributed by atoms with Gasteiger partial charge < -0.3 is 19.7 Å². The van der Waals surface area contributed by atoms with E-state index in [1.807, 2.05) is 6.07 Å². The van der Waals surface area contributed by atoms with Gasteiger partial charge in [-0.25, -0.2) is 4.79 Å². The Hall–Kier alpha value is -3.41. The minimum absolute atomic E-state index is 0.0644. The Morgan fingerprint density at radius 1 is 0.833 bits per heavy atom. The maximum Gasteiger partial charge on any atom is 0.333 e. The molecule has 2 N–H and O–H groups in total. The second-order valence-corrected chi connectivity index (χ2v) is 11.5. The highest BCUT2D eigenvalue weighted by Crippen LogP contribution is 2.34. The summed E-state index contributed by atoms with van der Waals surface area (Å²) < 4.78 is 11.6. The average Bonchev–Trinajstić information content (AvgIpc) is 3.01. The van der Waals surface area contributed by atoms with Crippen LogP contribution in [0.4, 0.5) is 0 Å². The standard InChI is InChI=1S/C37H48O5/c1-6-8-19-37(25-38,26-39)20-22-41-35-18-16-32(24-33(35)10-9-21-42-36(40)27(3)4)34-17-15-31(23-29(34)7-2)30-13-11-28(5)12-14-30/h11-18,23-24,38-39H,3,6-10,19-22,25-26H2,1-2,4-5H3. The number of esters is 1. The number of aliphatic hydroxyl groups excluding tert-OH is 2. The van der Waals surface area contributed by atoms with Gasteiger partial charge in [0.15, 0.2) is 0 Å². The Kier molecular flexibility index (Phi) is 12.8. The van der Waals surface area contributed by atoms with Crippen LogP contribution < -0.4 is 4.74 Å². The summed E-state index contributed by atoms with van der Waals surface area (Å²) in [4.78, 5) is 11.9. The van der Waals surface area contributed by atoms with Crippen LogP contribution in [0.15, 0.2) is 72.8 Å². The largest absolute Gasteiger partial charge is 0.493 e. The predicted molar refractivity (Wildman–Crippen MR) is 172 cm³/mol. The first-order valence-electron chi connectivity index (χ1n) is 15.3. The van der Waals surface area contributed by atoms with E-state index in [0.717, 1.165) is 42.6 Å². The second kappa shape index (κ2) is 16.3. The minimum Gasteiger partial charge on any atom is -0.493 e. The third-order valence-corrected chi connectivity index (χ3v) is 8.04. The molecule has 0 bridgehead atoms. The van der Waals surface area contributed by atoms with Gasteiger partial charge in [-0.15, -0.1) is 0 Å². The number of benzene rings is 3. The van der Waals surface area contributed by atoms with Crippen molar-refractivity contribution in [2.24, 2.45) is 5.41 Å². The topological polar surface area (TPSA) is 76.0 Å². The fourth-order valence-corrected chi connectivity index (χ4v) is 5.15. The number of unbranched alkanes of at least 4 members (excludes halogenated alkanes) is 1. The molecule has 0 fully saturated rings. The van der Waals surface area contributed by atoms with E-state index in [9.17, 15) is 15.0 Å². The Morgan fingerprint density at radius 3 is 2.14 bits per heavy atom. The molecule has 3 aromatic rings. The van der Waals surface area contributed by atoms with Crippen molar-refractivity contribution in [1.29, 1.82) is 0 Å². The van der Waals surface area contributed by atoms with Crippen LogP contribution in [-0.2, 0) is 22.4 Å². The van der Waals surface area contributed by atoms with Crippen molar-refractivity contribution in [3.05, 3.63) is 89.5 Å². The molecule has 5 nitrogen and oxygen atoms in total. The van der Waals surface area contributed by atoms with E-state index in [1.54, 1.807) is 6.92 Å². The van der Waals surface area contributed by atoms with Gasteiger partial charge in [0.2, 0.25) is 0 Å². The number of rotatable bonds is 17. The van der Waals surface area contributed by atoms with Crippen molar-refractivity contribution < 1.29 is 24.5 Å². The quantitative estimate of drug-likeness (QED) is 0.0978. The van der Waals surface area contributed by atoms with Gasteiger partial charge in [0, 0.05) is 11.0 Å². The van der Waals surface area contributed by atoms with Crippen LogP contribution >= 0.6 is 0 Å². The molecule has 0 heterocycles. The fourth-order valence-electron chi connectivity index (χ4n) is 5.15. The Balaban J connectivity index is 1.86. The van der Waals surface area contributed by atoms with E-state index < -0.39 is 5.41 Å². The highest BCUT2D eigenvalue weighted by Gasteiger charge is 2.28. The summed E-state index contributed by atoms with van der Waals surface area (Å²) in [5.74, 6) is 0.400. The fraction of sp³-hybridized carbons (Fsp3) is 0.432. The van der Waals surface area contributed by atoms with Crippen molar-refractivity contribution in [2.75, 3.05) is 26.4 Å². The van der Waals surface area contributed by atoms with E-state index in [2.05, 4.69) is 81.9 Å². The third kappa shape index (κ3) is 9.04. The maximum absolute atomic E-state index is 11.9. The molecular formula is C37H48O5. The SMILES string of the molecule is C=C(C)C(=O)OCCCc1cc(-c2ccc(-c3ccc(C)cc3)cc2CC)ccc1OCCC(CO)(CO)CCCC. The summed E-state index contributed by atoms with van der Waals surface area (Å²) in [5.41, 5.74) is 8.12. The zero-order chi connectivity index (χ0) is 30.5. The maximum atomic E-state index is 11.9. The molecule has 42 heavy (non-hydrogen) atoms. The van der Waals surface area contributed by atoms with E-state index in [4.69, 9.17) is 9.47 Å². The third-order valence-electron chi connectivity index (χ3n) is 8.04. The van der Waals surface area contributed by atoms with Crippen molar-refractivity contribution in [3.8, 4) is 28.0 Å². The molecular weight excluding hydrogens is 524 g/mol. The summed E-state index contributed by atoms with van der Waals surface area (Å²) in [6.07, 6.45) is 5.52. The first-order chi connectivity index (χ1) is 20.3. The lowest BCUT2D eigenvalue weighted by Gasteiger charge is -2.30. The van der Waals surface area contributed by atoms with Crippen LogP contribution in [0.25, 0.3) is 22.3 Å². The normalized spacial score (nSPS) is 11.4. The molecule has 0 spiro atoms. The predicted octanol–water partition coefficient (Wildman–Crippen LogP) is 7.87. The Bertz CT molecular complexity index is 1300. The summed E-state index contributed by atoms with van der Waals surface area (Å²) in [5, 5.41) is 20.1. The highest BCUT2D eigenvalue weighted by atomic mass is 16.5. The molecule has 0 unspecified atom stereocenters. The zero-order valence-corrected chi connectivity index (χ0v) is 25.9. The van der Waals surface area contributed by atoms with Crippen molar-refractivity contribution in [1.82, 2.24) is 0 Å². The Labute approximate surface area is 252 Å². The number of hydrogen-bond acceptors (Lipinski definition) is 5. The van der Waals surface area contributed by atoms with Gasteiger partial charge in [-0.3, -0.25) is 0 Å². The van der Waals surface area contributed by atoms with Gasteiger partial charge >= 0.3 is 5.97 Å². The van der Waals surface area contributed by atoms with Crippen LogP contribution in [0.5, 0.6) is 5.75 Å². The molecule has 5 heteroatoms. The molecule has 0 aromatic heterocycles. The van der Waals surface area contributed by atoms with Crippen molar-refractivity contribution in [2.45, 2.75) is 72.6 Å². The lowest BCUT2D eigenvalue weighted by Crippen LogP contribution is -2.32. The van der Waals surface area contributed by atoms with Crippen LogP contribution in [0.1, 0.15) is 69.6 Å². The van der Waals surface area contributed by atoms with E-state index in [0.29, 0.717) is 38.0 Å². The zero-order valence-electron chi connectivity index (χ0n) is 25.9. The lowest BCUT2D eigenvalue weighted by atomic mass is 9.81. The molecule has 0 saturated carbocycles. The van der Waals surface area contributed by atoms with Crippen LogP contribution in [0, 0.1) is 12.3 Å². The van der Waals surface area contributed by atoms with Gasteiger partial charge in [0.1, 0.15) is 5.75 Å². The first-order valence-corrected chi connectivity index (χ1v) is 15.3. The second-order valence-electron chi connectivity index (χ2n) is 11.5. The molecule has 0 radical (unpaired) electrons. The smallest absolute Gasteiger partial charge is 0.333 e. The molecule has 3 aromatic carbocycles. The molecule has 226 valence electrons. The van der Waals surface area contributed by atoms with Gasteiger partial charge in [0.25, 0.3) is 0 Å². The Morgan fingerprint density at radius 2 is 1.50 bits per heavy atom. The molecule has 0 amide bonds. The van der Waals surface area contributed by atoms with Crippen LogP contribution in [0.3, 0.4) is 0 Å². The van der Waals surface area contributed by atoms with E-state index in [1.165, 1.54) is 27.8 Å². The molecule has 0 aliphatic rings. The monoisotopic (exact) mass is 572 g/mol. The summed E-state index contributed by atoms with van der Waals surface area (Å²) in [6.45, 7) is 12.3. The highest BCUT2D eigenvalue weighted by molar-refractivity contribution is 5.86. The number of carbonyl (C=O) groups is 1. The van der Waals surface area contributed by atoms with Gasteiger partial charge in [0.05, 0.1) is 26.4 Å². The average molecular weight is 573 g/mol. The number of carbonyl (C=O) groups excluding carboxylic acids is 1. The van der Waals surface area contributed by atoms with Crippen LogP contribution in [-0.4, -0.2) is 42.6 Å². The molecule has 0 aliphatic heterocycles. The van der Waals surface area contributed by atoms with Crippen molar-refractivity contribution >= 4 is 5.97 Å².